The van der Waals surface area contributed by atoms with E-state index in [9.17, 15) is 35.9 Å². The van der Waals surface area contributed by atoms with Crippen molar-refractivity contribution < 1.29 is 35.9 Å². The van der Waals surface area contributed by atoms with Gasteiger partial charge < -0.3 is 10.2 Å². The number of thiazole rings is 1. The Labute approximate surface area is 209 Å². The Balaban J connectivity index is 1.91. The van der Waals surface area contributed by atoms with Gasteiger partial charge in [0.25, 0.3) is 11.8 Å². The minimum atomic E-state index is -5.11. The SMILES string of the molecule is CC(NC(=O)c1cc(C(F)(F)F)cc(C(F)(F)F)c1)c1nccnc1-c1ncc(C(=O)N(C)CC#N)s1. The van der Waals surface area contributed by atoms with Crippen molar-refractivity contribution in [3.05, 3.63) is 64.1 Å². The van der Waals surface area contributed by atoms with Gasteiger partial charge in [-0.2, -0.15) is 31.6 Å². The third kappa shape index (κ3) is 6.39. The van der Waals surface area contributed by atoms with Gasteiger partial charge in [0.2, 0.25) is 0 Å². The lowest BCUT2D eigenvalue weighted by atomic mass is 10.0. The molecule has 0 spiro atoms. The van der Waals surface area contributed by atoms with Crippen molar-refractivity contribution in [2.45, 2.75) is 25.3 Å². The summed E-state index contributed by atoms with van der Waals surface area (Å²) in [5.41, 5.74) is -3.84. The fraction of sp³-hybridized carbons (Fsp3) is 0.273. The zero-order valence-corrected chi connectivity index (χ0v) is 19.8. The molecule has 2 heterocycles. The van der Waals surface area contributed by atoms with Gasteiger partial charge in [-0.1, -0.05) is 0 Å². The molecule has 0 saturated carbocycles. The zero-order valence-electron chi connectivity index (χ0n) is 19.0. The van der Waals surface area contributed by atoms with Gasteiger partial charge in [0.05, 0.1) is 35.1 Å². The molecule has 15 heteroatoms. The normalized spacial score (nSPS) is 12.5. The second kappa shape index (κ2) is 10.5. The van der Waals surface area contributed by atoms with E-state index >= 15 is 0 Å². The fourth-order valence-electron chi connectivity index (χ4n) is 3.11. The quantitative estimate of drug-likeness (QED) is 0.356. The third-order valence-corrected chi connectivity index (χ3v) is 5.90. The van der Waals surface area contributed by atoms with E-state index < -0.39 is 46.9 Å². The largest absolute Gasteiger partial charge is 0.416 e. The van der Waals surface area contributed by atoms with Crippen molar-refractivity contribution in [1.82, 2.24) is 25.2 Å². The highest BCUT2D eigenvalue weighted by atomic mass is 32.1. The lowest BCUT2D eigenvalue weighted by Gasteiger charge is -2.17. The van der Waals surface area contributed by atoms with E-state index in [4.69, 9.17) is 5.26 Å². The summed E-state index contributed by atoms with van der Waals surface area (Å²) in [4.78, 5) is 38.8. The number of benzene rings is 1. The first-order valence-corrected chi connectivity index (χ1v) is 11.0. The molecule has 0 aliphatic carbocycles. The molecule has 2 amide bonds. The Morgan fingerprint density at radius 2 is 1.65 bits per heavy atom. The van der Waals surface area contributed by atoms with Crippen LogP contribution in [0.25, 0.3) is 10.7 Å². The highest BCUT2D eigenvalue weighted by Crippen LogP contribution is 2.36. The van der Waals surface area contributed by atoms with Crippen LogP contribution in [0.4, 0.5) is 26.3 Å². The van der Waals surface area contributed by atoms with Crippen LogP contribution in [0.2, 0.25) is 0 Å². The maximum atomic E-state index is 13.2. The summed E-state index contributed by atoms with van der Waals surface area (Å²) in [5, 5.41) is 11.3. The maximum Gasteiger partial charge on any atom is 0.416 e. The Hall–Kier alpha value is -4.06. The number of hydrogen-bond donors (Lipinski definition) is 1. The lowest BCUT2D eigenvalue weighted by Crippen LogP contribution is -2.28. The van der Waals surface area contributed by atoms with Crippen molar-refractivity contribution in [1.29, 1.82) is 5.26 Å². The van der Waals surface area contributed by atoms with Crippen molar-refractivity contribution in [2.24, 2.45) is 0 Å². The van der Waals surface area contributed by atoms with Crippen LogP contribution in [0.15, 0.2) is 36.8 Å². The van der Waals surface area contributed by atoms with Crippen LogP contribution in [0.5, 0.6) is 0 Å². The van der Waals surface area contributed by atoms with E-state index in [2.05, 4.69) is 20.3 Å². The van der Waals surface area contributed by atoms with Gasteiger partial charge in [0.1, 0.15) is 22.1 Å². The molecule has 0 aliphatic rings. The molecule has 2 aromatic heterocycles. The molecule has 194 valence electrons. The molecule has 37 heavy (non-hydrogen) atoms. The second-order valence-corrected chi connectivity index (χ2v) is 8.66. The van der Waals surface area contributed by atoms with Crippen LogP contribution in [0.3, 0.4) is 0 Å². The molecule has 8 nitrogen and oxygen atoms in total. The number of nitrogens with one attached hydrogen (secondary N) is 1. The predicted molar refractivity (Wildman–Crippen MR) is 118 cm³/mol. The molecule has 0 bridgehead atoms. The van der Waals surface area contributed by atoms with Gasteiger partial charge in [-0.3, -0.25) is 19.6 Å². The van der Waals surface area contributed by atoms with E-state index in [1.54, 1.807) is 0 Å². The van der Waals surface area contributed by atoms with Crippen LogP contribution in [-0.4, -0.2) is 45.3 Å². The van der Waals surface area contributed by atoms with Gasteiger partial charge >= 0.3 is 12.4 Å². The molecule has 3 aromatic rings. The number of rotatable bonds is 6. The van der Waals surface area contributed by atoms with Crippen molar-refractivity contribution in [2.75, 3.05) is 13.6 Å². The number of nitrogens with zero attached hydrogens (tertiary/aromatic N) is 5. The average Bonchev–Trinajstić information content (AvgIpc) is 3.32. The van der Waals surface area contributed by atoms with Crippen LogP contribution >= 0.6 is 11.3 Å². The summed E-state index contributed by atoms with van der Waals surface area (Å²) in [6, 6.07) is 1.39. The van der Waals surface area contributed by atoms with Gasteiger partial charge in [0, 0.05) is 25.0 Å². The number of aromatic nitrogens is 3. The molecule has 0 radical (unpaired) electrons. The summed E-state index contributed by atoms with van der Waals surface area (Å²) >= 11 is 0.928. The van der Waals surface area contributed by atoms with E-state index in [1.165, 1.54) is 37.5 Å². The molecule has 0 aliphatic heterocycles. The number of nitriles is 1. The Morgan fingerprint density at radius 3 is 2.22 bits per heavy atom. The molecule has 3 rings (SSSR count). The zero-order chi connectivity index (χ0) is 27.5. The molecule has 1 atom stereocenters. The van der Waals surface area contributed by atoms with Gasteiger partial charge in [0.15, 0.2) is 0 Å². The summed E-state index contributed by atoms with van der Waals surface area (Å²) in [7, 11) is 1.42. The van der Waals surface area contributed by atoms with E-state index in [1.807, 2.05) is 6.07 Å². The summed E-state index contributed by atoms with van der Waals surface area (Å²) < 4.78 is 78.9. The van der Waals surface area contributed by atoms with Gasteiger partial charge in [-0.25, -0.2) is 4.98 Å². The summed E-state index contributed by atoms with van der Waals surface area (Å²) in [6.45, 7) is 1.25. The topological polar surface area (TPSA) is 112 Å². The Kier molecular flexibility index (Phi) is 7.82. The predicted octanol–water partition coefficient (Wildman–Crippen LogP) is 4.72. The molecule has 1 N–H and O–H groups in total. The summed E-state index contributed by atoms with van der Waals surface area (Å²) in [5.74, 6) is -1.67. The molecule has 1 aromatic carbocycles. The summed E-state index contributed by atoms with van der Waals surface area (Å²) in [6.07, 6.45) is -6.38. The lowest BCUT2D eigenvalue weighted by molar-refractivity contribution is -0.143. The second-order valence-electron chi connectivity index (χ2n) is 7.63. The molecule has 1 unspecified atom stereocenters. The number of alkyl halides is 6. The monoisotopic (exact) mass is 542 g/mol. The first kappa shape index (κ1) is 27.5. The third-order valence-electron chi connectivity index (χ3n) is 4.91. The molecular formula is C22H16F6N6O2S. The van der Waals surface area contributed by atoms with Crippen molar-refractivity contribution >= 4 is 23.2 Å². The van der Waals surface area contributed by atoms with Crippen LogP contribution in [0.1, 0.15) is 49.8 Å². The molecular weight excluding hydrogens is 526 g/mol. The van der Waals surface area contributed by atoms with Crippen LogP contribution < -0.4 is 5.32 Å². The number of hydrogen-bond acceptors (Lipinski definition) is 7. The van der Waals surface area contributed by atoms with E-state index in [-0.39, 0.29) is 33.9 Å². The standard InChI is InChI=1S/C22H16F6N6O2S/c1-11(33-18(35)12-7-13(21(23,24)25)9-14(8-12)22(26,27)28)16-17(31-5-4-30-16)19-32-10-15(37-19)20(36)34(2)6-3-29/h4-5,7-11H,6H2,1-2H3,(H,33,35). The van der Waals surface area contributed by atoms with E-state index in [0.29, 0.717) is 12.1 Å². The maximum absolute atomic E-state index is 13.2. The minimum Gasteiger partial charge on any atom is -0.344 e. The average molecular weight is 542 g/mol. The molecule has 0 fully saturated rings. The fourth-order valence-corrected chi connectivity index (χ4v) is 4.03. The van der Waals surface area contributed by atoms with Crippen molar-refractivity contribution in [3.63, 3.8) is 0 Å². The number of carbonyl (C=O) groups excluding carboxylic acids is 2. The van der Waals surface area contributed by atoms with Crippen LogP contribution in [-0.2, 0) is 12.4 Å². The highest BCUT2D eigenvalue weighted by Gasteiger charge is 2.37. The number of halogens is 6. The smallest absolute Gasteiger partial charge is 0.344 e. The van der Waals surface area contributed by atoms with Gasteiger partial charge in [-0.15, -0.1) is 11.3 Å². The Bertz CT molecular complexity index is 1330. The van der Waals surface area contributed by atoms with Crippen molar-refractivity contribution in [3.8, 4) is 16.8 Å². The number of amides is 2. The van der Waals surface area contributed by atoms with E-state index in [0.717, 1.165) is 11.3 Å². The highest BCUT2D eigenvalue weighted by molar-refractivity contribution is 7.16. The first-order valence-electron chi connectivity index (χ1n) is 10.2. The minimum absolute atomic E-state index is 0.0730. The van der Waals surface area contributed by atoms with Crippen LogP contribution in [0, 0.1) is 11.3 Å². The molecule has 0 saturated heterocycles. The first-order chi connectivity index (χ1) is 17.2. The number of carbonyl (C=O) groups is 2. The Morgan fingerprint density at radius 1 is 1.05 bits per heavy atom. The van der Waals surface area contributed by atoms with Gasteiger partial charge in [-0.05, 0) is 25.1 Å².